The predicted molar refractivity (Wildman–Crippen MR) is 52.1 cm³/mol. The fraction of sp³-hybridized carbons (Fsp3) is 0.500. The maximum Gasteiger partial charge on any atom is 0.254 e. The molecule has 2 heterocycles. The first-order chi connectivity index (χ1) is 6.40. The summed E-state index contributed by atoms with van der Waals surface area (Å²) in [6.07, 6.45) is 3.24. The van der Waals surface area contributed by atoms with E-state index in [-0.39, 0.29) is 0 Å². The fourth-order valence-corrected chi connectivity index (χ4v) is 2.06. The first-order valence-corrected chi connectivity index (χ1v) is 5.35. The summed E-state index contributed by atoms with van der Waals surface area (Å²) in [4.78, 5) is 4.17. The molecule has 1 aromatic heterocycles. The largest absolute Gasteiger partial charge is 0.334 e. The molecule has 0 bridgehead atoms. The highest BCUT2D eigenvalue weighted by atomic mass is 32.2. The van der Waals surface area contributed by atoms with Crippen molar-refractivity contribution in [1.82, 2.24) is 10.1 Å². The summed E-state index contributed by atoms with van der Waals surface area (Å²) in [5.74, 6) is 3.35. The number of rotatable bonds is 2. The minimum atomic E-state index is 0.337. The highest BCUT2D eigenvalue weighted by molar-refractivity contribution is 7.99. The van der Waals surface area contributed by atoms with Crippen molar-refractivity contribution < 1.29 is 4.52 Å². The van der Waals surface area contributed by atoms with E-state index in [0.29, 0.717) is 18.3 Å². The minimum absolute atomic E-state index is 0.337. The monoisotopic (exact) mass is 197 g/mol. The molecule has 5 heteroatoms. The number of hydrogen-bond donors (Lipinski definition) is 1. The Kier molecular flexibility index (Phi) is 2.65. The highest BCUT2D eigenvalue weighted by Gasteiger charge is 2.12. The lowest BCUT2D eigenvalue weighted by molar-refractivity contribution is 0.400. The maximum absolute atomic E-state index is 5.38. The number of allylic oxidation sites excluding steroid dienone is 1. The summed E-state index contributed by atoms with van der Waals surface area (Å²) in [7, 11) is 0. The third-order valence-electron chi connectivity index (χ3n) is 1.84. The molecule has 1 aliphatic heterocycles. The molecule has 0 aromatic carbocycles. The molecule has 1 aromatic rings. The Labute approximate surface area is 80.6 Å². The van der Waals surface area contributed by atoms with Gasteiger partial charge in [0.15, 0.2) is 5.82 Å². The summed E-state index contributed by atoms with van der Waals surface area (Å²) < 4.78 is 5.07. The van der Waals surface area contributed by atoms with E-state index in [1.54, 1.807) is 0 Å². The molecule has 0 spiro atoms. The Morgan fingerprint density at radius 1 is 1.62 bits per heavy atom. The van der Waals surface area contributed by atoms with Crippen LogP contribution >= 0.6 is 11.8 Å². The summed E-state index contributed by atoms with van der Waals surface area (Å²) >= 11 is 1.89. The Hall–Kier alpha value is -0.810. The fourth-order valence-electron chi connectivity index (χ4n) is 1.17. The average molecular weight is 197 g/mol. The van der Waals surface area contributed by atoms with Gasteiger partial charge in [-0.3, -0.25) is 0 Å². The molecule has 1 aliphatic rings. The third-order valence-corrected chi connectivity index (χ3v) is 2.88. The number of aromatic nitrogens is 2. The van der Waals surface area contributed by atoms with Crippen molar-refractivity contribution >= 4 is 17.3 Å². The van der Waals surface area contributed by atoms with Crippen molar-refractivity contribution in [2.75, 3.05) is 11.5 Å². The van der Waals surface area contributed by atoms with Gasteiger partial charge in [-0.15, -0.1) is 0 Å². The van der Waals surface area contributed by atoms with E-state index in [0.717, 1.165) is 17.7 Å². The quantitative estimate of drug-likeness (QED) is 0.767. The summed E-state index contributed by atoms with van der Waals surface area (Å²) in [5.41, 5.74) is 6.53. The Morgan fingerprint density at radius 3 is 3.15 bits per heavy atom. The molecular weight excluding hydrogens is 186 g/mol. The standard InChI is InChI=1S/C8H11N3OS/c9-4-7-10-8(12-11-7)6-2-1-3-13-5-6/h2H,1,3-5,9H2. The van der Waals surface area contributed by atoms with Crippen LogP contribution in [-0.2, 0) is 6.54 Å². The number of nitrogens with two attached hydrogens (primary N) is 1. The van der Waals surface area contributed by atoms with E-state index in [1.165, 1.54) is 5.75 Å². The number of thioether (sulfide) groups is 1. The molecule has 0 amide bonds. The highest BCUT2D eigenvalue weighted by Crippen LogP contribution is 2.23. The molecule has 13 heavy (non-hydrogen) atoms. The van der Waals surface area contributed by atoms with Gasteiger partial charge < -0.3 is 10.3 Å². The van der Waals surface area contributed by atoms with Crippen LogP contribution in [0, 0.1) is 0 Å². The van der Waals surface area contributed by atoms with Crippen molar-refractivity contribution in [2.24, 2.45) is 5.73 Å². The molecule has 0 atom stereocenters. The van der Waals surface area contributed by atoms with Crippen molar-refractivity contribution in [3.05, 3.63) is 17.8 Å². The van der Waals surface area contributed by atoms with Crippen LogP contribution in [-0.4, -0.2) is 21.6 Å². The topological polar surface area (TPSA) is 64.9 Å². The summed E-state index contributed by atoms with van der Waals surface area (Å²) in [6, 6.07) is 0. The molecule has 0 saturated heterocycles. The number of hydrogen-bond acceptors (Lipinski definition) is 5. The second-order valence-corrected chi connectivity index (χ2v) is 3.90. The van der Waals surface area contributed by atoms with Gasteiger partial charge in [0.05, 0.1) is 6.54 Å². The molecule has 0 radical (unpaired) electrons. The molecule has 70 valence electrons. The molecule has 0 fully saturated rings. The lowest BCUT2D eigenvalue weighted by Gasteiger charge is -2.07. The van der Waals surface area contributed by atoms with Gasteiger partial charge in [0.2, 0.25) is 0 Å². The Bertz CT molecular complexity index is 321. The zero-order valence-electron chi connectivity index (χ0n) is 7.19. The smallest absolute Gasteiger partial charge is 0.254 e. The van der Waals surface area contributed by atoms with E-state index >= 15 is 0 Å². The molecule has 4 nitrogen and oxygen atoms in total. The van der Waals surface area contributed by atoms with Crippen LogP contribution in [0.3, 0.4) is 0 Å². The van der Waals surface area contributed by atoms with E-state index < -0.39 is 0 Å². The lowest BCUT2D eigenvalue weighted by atomic mass is 10.2. The first kappa shape index (κ1) is 8.77. The average Bonchev–Trinajstić information content (AvgIpc) is 2.67. The van der Waals surface area contributed by atoms with Crippen molar-refractivity contribution in [3.8, 4) is 0 Å². The molecule has 2 rings (SSSR count). The predicted octanol–water partition coefficient (Wildman–Crippen LogP) is 1.05. The zero-order chi connectivity index (χ0) is 9.10. The Balaban J connectivity index is 2.19. The number of nitrogens with zero attached hydrogens (tertiary/aromatic N) is 2. The normalized spacial score (nSPS) is 17.2. The van der Waals surface area contributed by atoms with Crippen molar-refractivity contribution in [3.63, 3.8) is 0 Å². The van der Waals surface area contributed by atoms with Crippen LogP contribution in [0.25, 0.3) is 5.57 Å². The van der Waals surface area contributed by atoms with Gasteiger partial charge in [-0.1, -0.05) is 11.2 Å². The molecule has 0 unspecified atom stereocenters. The second kappa shape index (κ2) is 3.93. The zero-order valence-corrected chi connectivity index (χ0v) is 8.01. The molecular formula is C8H11N3OS. The van der Waals surface area contributed by atoms with Gasteiger partial charge in [0.25, 0.3) is 5.89 Å². The van der Waals surface area contributed by atoms with Gasteiger partial charge in [-0.25, -0.2) is 0 Å². The third kappa shape index (κ3) is 1.92. The minimum Gasteiger partial charge on any atom is -0.334 e. The second-order valence-electron chi connectivity index (χ2n) is 2.79. The summed E-state index contributed by atoms with van der Waals surface area (Å²) in [5, 5.41) is 3.75. The lowest BCUT2D eigenvalue weighted by Crippen LogP contribution is -1.99. The van der Waals surface area contributed by atoms with Crippen molar-refractivity contribution in [1.29, 1.82) is 0 Å². The maximum atomic E-state index is 5.38. The Morgan fingerprint density at radius 2 is 2.54 bits per heavy atom. The van der Waals surface area contributed by atoms with E-state index in [4.69, 9.17) is 10.3 Å². The van der Waals surface area contributed by atoms with Crippen LogP contribution in [0.1, 0.15) is 18.1 Å². The SMILES string of the molecule is NCc1noc(C2=CCCSC2)n1. The van der Waals surface area contributed by atoms with Gasteiger partial charge >= 0.3 is 0 Å². The van der Waals surface area contributed by atoms with Gasteiger partial charge in [0, 0.05) is 11.3 Å². The van der Waals surface area contributed by atoms with Crippen LogP contribution in [0.15, 0.2) is 10.6 Å². The van der Waals surface area contributed by atoms with Crippen LogP contribution in [0.5, 0.6) is 0 Å². The van der Waals surface area contributed by atoms with Crippen LogP contribution < -0.4 is 5.73 Å². The van der Waals surface area contributed by atoms with Crippen LogP contribution in [0.2, 0.25) is 0 Å². The van der Waals surface area contributed by atoms with Crippen LogP contribution in [0.4, 0.5) is 0 Å². The molecule has 2 N–H and O–H groups in total. The molecule has 0 aliphatic carbocycles. The van der Waals surface area contributed by atoms with E-state index in [2.05, 4.69) is 16.2 Å². The molecule has 0 saturated carbocycles. The van der Waals surface area contributed by atoms with E-state index in [9.17, 15) is 0 Å². The summed E-state index contributed by atoms with van der Waals surface area (Å²) in [6.45, 7) is 0.337. The van der Waals surface area contributed by atoms with Gasteiger partial charge in [-0.05, 0) is 12.2 Å². The van der Waals surface area contributed by atoms with Gasteiger partial charge in [0.1, 0.15) is 0 Å². The van der Waals surface area contributed by atoms with Crippen molar-refractivity contribution in [2.45, 2.75) is 13.0 Å². The van der Waals surface area contributed by atoms with Gasteiger partial charge in [-0.2, -0.15) is 16.7 Å². The van der Waals surface area contributed by atoms with E-state index in [1.807, 2.05) is 11.8 Å². The first-order valence-electron chi connectivity index (χ1n) is 4.20.